The maximum absolute atomic E-state index is 13.6. The smallest absolute Gasteiger partial charge is 0.354 e. The summed E-state index contributed by atoms with van der Waals surface area (Å²) in [7, 11) is 1.22. The Kier molecular flexibility index (Phi) is 6.57. The average molecular weight is 514 g/mol. The van der Waals surface area contributed by atoms with Gasteiger partial charge >= 0.3 is 5.97 Å². The van der Waals surface area contributed by atoms with Crippen LogP contribution in [0.4, 0.5) is 0 Å². The number of ether oxygens (including phenoxy) is 1. The number of H-pyrrole nitrogens is 1. The van der Waals surface area contributed by atoms with E-state index in [4.69, 9.17) is 20.8 Å². The molecule has 3 aromatic carbocycles. The number of benzene rings is 3. The van der Waals surface area contributed by atoms with Crippen LogP contribution in [-0.2, 0) is 11.3 Å². The van der Waals surface area contributed by atoms with Crippen LogP contribution in [0, 0.1) is 0 Å². The van der Waals surface area contributed by atoms with Gasteiger partial charge in [0.05, 0.1) is 29.4 Å². The largest absolute Gasteiger partial charge is 0.464 e. The number of carbonyl (C=O) groups is 2. The van der Waals surface area contributed by atoms with E-state index >= 15 is 0 Å². The number of pyridine rings is 1. The Morgan fingerprint density at radius 1 is 1.03 bits per heavy atom. The molecule has 5 aromatic rings. The fourth-order valence-electron chi connectivity index (χ4n) is 4.12. The molecule has 0 spiro atoms. The summed E-state index contributed by atoms with van der Waals surface area (Å²) in [5, 5.41) is 3.47. The van der Waals surface area contributed by atoms with Crippen molar-refractivity contribution in [1.82, 2.24) is 15.3 Å². The summed E-state index contributed by atoms with van der Waals surface area (Å²) in [6, 6.07) is 19.2. The van der Waals surface area contributed by atoms with Crippen LogP contribution >= 0.6 is 11.6 Å². The topological polar surface area (TPSA) is 114 Å². The van der Waals surface area contributed by atoms with E-state index in [1.807, 2.05) is 30.3 Å². The van der Waals surface area contributed by atoms with Crippen molar-refractivity contribution in [2.24, 2.45) is 0 Å². The lowest BCUT2D eigenvalue weighted by molar-refractivity contribution is 0.0592. The number of halogens is 1. The third kappa shape index (κ3) is 4.62. The van der Waals surface area contributed by atoms with Gasteiger partial charge in [-0.15, -0.1) is 0 Å². The van der Waals surface area contributed by atoms with Gasteiger partial charge in [0.1, 0.15) is 5.69 Å². The van der Waals surface area contributed by atoms with Crippen LogP contribution in [0.2, 0.25) is 5.02 Å². The van der Waals surface area contributed by atoms with Crippen molar-refractivity contribution in [2.75, 3.05) is 7.11 Å². The number of fused-ring (bicyclic) bond motifs is 1. The van der Waals surface area contributed by atoms with Crippen LogP contribution in [0.3, 0.4) is 0 Å². The normalized spacial score (nSPS) is 10.9. The fraction of sp³-hybridized carbons (Fsp3) is 0.0714. The third-order valence-corrected chi connectivity index (χ3v) is 6.28. The van der Waals surface area contributed by atoms with E-state index in [-0.39, 0.29) is 17.8 Å². The molecule has 184 valence electrons. The predicted octanol–water partition coefficient (Wildman–Crippen LogP) is 5.22. The molecule has 0 aliphatic rings. The quantitative estimate of drug-likeness (QED) is 0.301. The third-order valence-electron chi connectivity index (χ3n) is 5.97. The molecule has 0 atom stereocenters. The number of nitrogens with zero attached hydrogens (tertiary/aromatic N) is 1. The second kappa shape index (κ2) is 10.1. The number of aromatic amines is 1. The van der Waals surface area contributed by atoms with Crippen LogP contribution < -0.4 is 10.7 Å². The minimum atomic E-state index is -0.737. The number of hydrogen-bond donors (Lipinski definition) is 2. The summed E-state index contributed by atoms with van der Waals surface area (Å²) >= 11 is 6.51. The van der Waals surface area contributed by atoms with Gasteiger partial charge in [-0.05, 0) is 29.8 Å². The van der Waals surface area contributed by atoms with Gasteiger partial charge in [0.15, 0.2) is 17.6 Å². The Hall–Kier alpha value is -4.69. The number of esters is 1. The summed E-state index contributed by atoms with van der Waals surface area (Å²) in [4.78, 5) is 46.0. The first-order valence-corrected chi connectivity index (χ1v) is 11.6. The molecule has 1 amide bonds. The van der Waals surface area contributed by atoms with E-state index in [9.17, 15) is 14.4 Å². The summed E-state index contributed by atoms with van der Waals surface area (Å²) in [5.41, 5.74) is 2.52. The highest BCUT2D eigenvalue weighted by atomic mass is 35.5. The van der Waals surface area contributed by atoms with Crippen LogP contribution in [0.25, 0.3) is 33.4 Å². The molecule has 0 bridgehead atoms. The molecule has 2 N–H and O–H groups in total. The summed E-state index contributed by atoms with van der Waals surface area (Å²) in [6.45, 7) is -0.193. The highest BCUT2D eigenvalue weighted by Crippen LogP contribution is 2.33. The highest BCUT2D eigenvalue weighted by Gasteiger charge is 2.22. The van der Waals surface area contributed by atoms with Crippen molar-refractivity contribution < 1.29 is 18.7 Å². The molecular weight excluding hydrogens is 494 g/mol. The number of nitrogens with one attached hydrogen (secondary N) is 2. The van der Waals surface area contributed by atoms with Crippen molar-refractivity contribution in [3.05, 3.63) is 111 Å². The van der Waals surface area contributed by atoms with E-state index in [0.29, 0.717) is 32.8 Å². The Morgan fingerprint density at radius 3 is 2.46 bits per heavy atom. The van der Waals surface area contributed by atoms with Gasteiger partial charge in [-0.1, -0.05) is 54.1 Å². The SMILES string of the molecule is COC(=O)c1[nH]c2c(-c3ccccc3)c(Cl)ccc2c(=O)c1CNC(=O)c1ccc(-c2cnco2)cc1. The molecule has 0 radical (unpaired) electrons. The summed E-state index contributed by atoms with van der Waals surface area (Å²) in [5.74, 6) is -0.577. The van der Waals surface area contributed by atoms with Crippen LogP contribution in [0.15, 0.2) is 88.5 Å². The fourth-order valence-corrected chi connectivity index (χ4v) is 4.39. The van der Waals surface area contributed by atoms with Gasteiger partial charge in [0.2, 0.25) is 0 Å². The number of carbonyl (C=O) groups excluding carboxylic acids is 2. The maximum Gasteiger partial charge on any atom is 0.354 e. The van der Waals surface area contributed by atoms with E-state index in [1.54, 1.807) is 42.6 Å². The zero-order chi connectivity index (χ0) is 25.9. The van der Waals surface area contributed by atoms with Crippen molar-refractivity contribution >= 4 is 34.4 Å². The first kappa shape index (κ1) is 24.0. The molecule has 0 saturated carbocycles. The predicted molar refractivity (Wildman–Crippen MR) is 139 cm³/mol. The Balaban J connectivity index is 1.51. The second-order valence-electron chi connectivity index (χ2n) is 8.14. The first-order valence-electron chi connectivity index (χ1n) is 11.3. The van der Waals surface area contributed by atoms with Crippen molar-refractivity contribution in [3.63, 3.8) is 0 Å². The molecule has 2 heterocycles. The van der Waals surface area contributed by atoms with Gasteiger partial charge in [0, 0.05) is 28.6 Å². The van der Waals surface area contributed by atoms with E-state index in [0.717, 1.165) is 11.1 Å². The van der Waals surface area contributed by atoms with Crippen LogP contribution in [0.1, 0.15) is 26.4 Å². The molecule has 0 unspecified atom stereocenters. The molecule has 0 aliphatic carbocycles. The summed E-state index contributed by atoms with van der Waals surface area (Å²) < 4.78 is 10.2. The van der Waals surface area contributed by atoms with E-state index in [1.165, 1.54) is 13.5 Å². The molecule has 37 heavy (non-hydrogen) atoms. The van der Waals surface area contributed by atoms with Crippen molar-refractivity contribution in [1.29, 1.82) is 0 Å². The number of aromatic nitrogens is 2. The lowest BCUT2D eigenvalue weighted by Gasteiger charge is -2.14. The molecular formula is C28H20ClN3O5. The molecule has 9 heteroatoms. The first-order chi connectivity index (χ1) is 18.0. The van der Waals surface area contributed by atoms with Crippen LogP contribution in [0.5, 0.6) is 0 Å². The van der Waals surface area contributed by atoms with Crippen LogP contribution in [-0.4, -0.2) is 29.0 Å². The Morgan fingerprint density at radius 2 is 1.78 bits per heavy atom. The monoisotopic (exact) mass is 513 g/mol. The zero-order valence-corrected chi connectivity index (χ0v) is 20.3. The van der Waals surface area contributed by atoms with Gasteiger partial charge in [-0.25, -0.2) is 9.78 Å². The van der Waals surface area contributed by atoms with Gasteiger partial charge in [-0.2, -0.15) is 0 Å². The van der Waals surface area contributed by atoms with Gasteiger partial charge in [0.25, 0.3) is 5.91 Å². The van der Waals surface area contributed by atoms with E-state index < -0.39 is 17.3 Å². The summed E-state index contributed by atoms with van der Waals surface area (Å²) in [6.07, 6.45) is 2.90. The molecule has 2 aromatic heterocycles. The minimum Gasteiger partial charge on any atom is -0.464 e. The van der Waals surface area contributed by atoms with E-state index in [2.05, 4.69) is 15.3 Å². The number of rotatable bonds is 6. The maximum atomic E-state index is 13.6. The second-order valence-corrected chi connectivity index (χ2v) is 8.54. The standard InChI is InChI=1S/C28H20ClN3O5/c1-36-28(35)25-20(13-31-27(34)18-9-7-16(8-10-18)22-14-30-15-37-22)26(33)19-11-12-21(29)23(24(19)32-25)17-5-3-2-4-6-17/h2-12,14-15H,13H2,1H3,(H,31,34)(H,32,33). The number of oxazole rings is 1. The average Bonchev–Trinajstić information content (AvgIpc) is 3.47. The van der Waals surface area contributed by atoms with Gasteiger partial charge < -0.3 is 19.5 Å². The molecule has 0 fully saturated rings. The van der Waals surface area contributed by atoms with Crippen molar-refractivity contribution in [2.45, 2.75) is 6.54 Å². The van der Waals surface area contributed by atoms with Crippen molar-refractivity contribution in [3.8, 4) is 22.5 Å². The minimum absolute atomic E-state index is 0.0552. The molecule has 5 rings (SSSR count). The number of methoxy groups -OCH3 is 1. The number of hydrogen-bond acceptors (Lipinski definition) is 6. The Bertz CT molecular complexity index is 1660. The van der Waals surface area contributed by atoms with Gasteiger partial charge in [-0.3, -0.25) is 9.59 Å². The Labute approximate surface area is 215 Å². The molecule has 8 nitrogen and oxygen atoms in total. The lowest BCUT2D eigenvalue weighted by atomic mass is 9.99. The lowest BCUT2D eigenvalue weighted by Crippen LogP contribution is -2.29. The number of amides is 1. The zero-order valence-electron chi connectivity index (χ0n) is 19.6. The highest BCUT2D eigenvalue weighted by molar-refractivity contribution is 6.35. The molecule has 0 saturated heterocycles. The molecule has 0 aliphatic heterocycles.